The maximum absolute atomic E-state index is 12.7. The van der Waals surface area contributed by atoms with E-state index in [0.29, 0.717) is 22.2 Å². The van der Waals surface area contributed by atoms with Crippen molar-refractivity contribution in [3.63, 3.8) is 0 Å². The van der Waals surface area contributed by atoms with Crippen LogP contribution in [0.15, 0.2) is 53.1 Å². The van der Waals surface area contributed by atoms with Crippen molar-refractivity contribution >= 4 is 27.5 Å². The number of carbonyl (C=O) groups excluding carboxylic acids is 1. The number of nitrogens with zero attached hydrogens (tertiary/aromatic N) is 4. The third-order valence-corrected chi connectivity index (χ3v) is 6.26. The van der Waals surface area contributed by atoms with E-state index in [9.17, 15) is 13.2 Å². The molecule has 9 nitrogen and oxygen atoms in total. The molecule has 1 amide bonds. The summed E-state index contributed by atoms with van der Waals surface area (Å²) in [5.41, 5.74) is 1.34. The van der Waals surface area contributed by atoms with Crippen LogP contribution >= 0.6 is 11.6 Å². The zero-order valence-corrected chi connectivity index (χ0v) is 19.4. The Hall–Kier alpha value is -2.95. The van der Waals surface area contributed by atoms with Gasteiger partial charge >= 0.3 is 0 Å². The Morgan fingerprint density at radius 1 is 1.12 bits per heavy atom. The van der Waals surface area contributed by atoms with E-state index in [1.54, 1.807) is 55.6 Å². The smallest absolute Gasteiger partial charge is 0.246 e. The minimum absolute atomic E-state index is 0.0136. The van der Waals surface area contributed by atoms with Gasteiger partial charge in [-0.1, -0.05) is 35.0 Å². The van der Waals surface area contributed by atoms with Gasteiger partial charge < -0.3 is 14.2 Å². The fourth-order valence-corrected chi connectivity index (χ4v) is 3.76. The minimum atomic E-state index is -3.65. The lowest BCUT2D eigenvalue weighted by molar-refractivity contribution is -0.131. The van der Waals surface area contributed by atoms with E-state index in [-0.39, 0.29) is 25.5 Å². The molecule has 0 radical (unpaired) electrons. The second-order valence-electron chi connectivity index (χ2n) is 7.11. The average Bonchev–Trinajstić information content (AvgIpc) is 3.22. The number of ether oxygens (including phenoxy) is 1. The number of sulfonamides is 1. The fraction of sp³-hybridized carbons (Fsp3) is 0.286. The average molecular weight is 479 g/mol. The van der Waals surface area contributed by atoms with Gasteiger partial charge in [-0.3, -0.25) is 4.79 Å². The van der Waals surface area contributed by atoms with Gasteiger partial charge in [-0.2, -0.15) is 9.29 Å². The van der Waals surface area contributed by atoms with Gasteiger partial charge in [-0.05, 0) is 35.9 Å². The van der Waals surface area contributed by atoms with Crippen LogP contribution in [0, 0.1) is 0 Å². The maximum atomic E-state index is 12.7. The highest BCUT2D eigenvalue weighted by molar-refractivity contribution is 7.88. The van der Waals surface area contributed by atoms with Gasteiger partial charge in [-0.15, -0.1) is 0 Å². The Kier molecular flexibility index (Phi) is 7.49. The Bertz CT molecular complexity index is 1180. The Balaban J connectivity index is 1.66. The van der Waals surface area contributed by atoms with Crippen LogP contribution in [0.3, 0.4) is 0 Å². The highest BCUT2D eigenvalue weighted by Gasteiger charge is 2.24. The summed E-state index contributed by atoms with van der Waals surface area (Å²) in [4.78, 5) is 18.3. The number of benzene rings is 2. The molecule has 1 aromatic heterocycles. The number of amides is 1. The number of methoxy groups -OCH3 is 1. The van der Waals surface area contributed by atoms with E-state index >= 15 is 0 Å². The molecule has 0 bridgehead atoms. The highest BCUT2D eigenvalue weighted by Crippen LogP contribution is 2.21. The number of carbonyl (C=O) groups is 1. The molecule has 0 spiro atoms. The summed E-state index contributed by atoms with van der Waals surface area (Å²) in [7, 11) is -0.539. The molecule has 1 heterocycles. The van der Waals surface area contributed by atoms with E-state index in [2.05, 4.69) is 10.1 Å². The van der Waals surface area contributed by atoms with Crippen molar-refractivity contribution in [3.05, 3.63) is 65.0 Å². The first-order chi connectivity index (χ1) is 15.2. The lowest BCUT2D eigenvalue weighted by Gasteiger charge is -2.23. The molecule has 170 valence electrons. The minimum Gasteiger partial charge on any atom is -0.497 e. The third-order valence-electron chi connectivity index (χ3n) is 4.70. The van der Waals surface area contributed by atoms with Crippen LogP contribution in [0.4, 0.5) is 0 Å². The predicted octanol–water partition coefficient (Wildman–Crippen LogP) is 2.82. The lowest BCUT2D eigenvalue weighted by atomic mass is 10.2. The molecule has 2 aromatic carbocycles. The largest absolute Gasteiger partial charge is 0.497 e. The van der Waals surface area contributed by atoms with Crippen molar-refractivity contribution < 1.29 is 22.5 Å². The number of likely N-dealkylation sites (N-methyl/N-ethyl adjacent to an activating group) is 1. The van der Waals surface area contributed by atoms with Crippen molar-refractivity contribution in [2.75, 3.05) is 27.0 Å². The van der Waals surface area contributed by atoms with E-state index in [1.807, 2.05) is 0 Å². The van der Waals surface area contributed by atoms with E-state index < -0.39 is 15.9 Å². The molecule has 0 atom stereocenters. The van der Waals surface area contributed by atoms with Crippen LogP contribution in [0.1, 0.15) is 11.5 Å². The van der Waals surface area contributed by atoms with Gasteiger partial charge in [0.2, 0.25) is 27.6 Å². The van der Waals surface area contributed by atoms with Crippen LogP contribution in [-0.2, 0) is 27.9 Å². The number of hydrogen-bond donors (Lipinski definition) is 0. The van der Waals surface area contributed by atoms with Crippen LogP contribution < -0.4 is 4.74 Å². The molecule has 0 aliphatic heterocycles. The monoisotopic (exact) mass is 478 g/mol. The summed E-state index contributed by atoms with van der Waals surface area (Å²) >= 11 is 6.14. The van der Waals surface area contributed by atoms with Crippen molar-refractivity contribution in [3.8, 4) is 17.1 Å². The van der Waals surface area contributed by atoms with Crippen LogP contribution in [0.2, 0.25) is 5.02 Å². The molecule has 0 aliphatic carbocycles. The molecule has 0 aliphatic rings. The molecule has 0 saturated heterocycles. The van der Waals surface area contributed by atoms with Crippen LogP contribution in [-0.4, -0.2) is 60.6 Å². The van der Waals surface area contributed by atoms with Crippen LogP contribution in [0.25, 0.3) is 11.4 Å². The van der Waals surface area contributed by atoms with Gasteiger partial charge in [0.1, 0.15) is 5.75 Å². The lowest BCUT2D eigenvalue weighted by Crippen LogP contribution is -2.40. The molecule has 0 unspecified atom stereocenters. The van der Waals surface area contributed by atoms with Crippen molar-refractivity contribution in [1.29, 1.82) is 0 Å². The fourth-order valence-electron chi connectivity index (χ4n) is 2.85. The predicted molar refractivity (Wildman–Crippen MR) is 119 cm³/mol. The molecule has 32 heavy (non-hydrogen) atoms. The summed E-state index contributed by atoms with van der Waals surface area (Å²) in [5.74, 6) is 0.880. The normalized spacial score (nSPS) is 11.5. The van der Waals surface area contributed by atoms with Crippen molar-refractivity contribution in [1.82, 2.24) is 19.3 Å². The van der Waals surface area contributed by atoms with Crippen LogP contribution in [0.5, 0.6) is 5.75 Å². The molecule has 3 rings (SSSR count). The third kappa shape index (κ3) is 6.06. The highest BCUT2D eigenvalue weighted by atomic mass is 35.5. The topological polar surface area (TPSA) is 106 Å². The van der Waals surface area contributed by atoms with Crippen molar-refractivity contribution in [2.45, 2.75) is 13.1 Å². The molecule has 11 heteroatoms. The Labute approximate surface area is 191 Å². The second-order valence-corrected chi connectivity index (χ2v) is 9.50. The Morgan fingerprint density at radius 3 is 2.44 bits per heavy atom. The van der Waals surface area contributed by atoms with Gasteiger partial charge in [-0.25, -0.2) is 8.42 Å². The number of hydrogen-bond acceptors (Lipinski definition) is 7. The quantitative estimate of drug-likeness (QED) is 0.465. The zero-order valence-electron chi connectivity index (χ0n) is 17.9. The second kappa shape index (κ2) is 10.1. The molecule has 3 aromatic rings. The van der Waals surface area contributed by atoms with E-state index in [1.165, 1.54) is 11.9 Å². The first-order valence-corrected chi connectivity index (χ1v) is 11.8. The first-order valence-electron chi connectivity index (χ1n) is 9.57. The summed E-state index contributed by atoms with van der Waals surface area (Å²) in [6.45, 7) is -0.327. The SMILES string of the molecule is COc1ccc(-c2noc(CN(C)C(=O)CN(Cc3ccccc3Cl)S(C)(=O)=O)n2)cc1. The Morgan fingerprint density at radius 2 is 1.81 bits per heavy atom. The van der Waals surface area contributed by atoms with Gasteiger partial charge in [0, 0.05) is 24.2 Å². The molecule has 0 saturated carbocycles. The number of halogens is 1. The summed E-state index contributed by atoms with van der Waals surface area (Å²) in [5, 5.41) is 4.36. The van der Waals surface area contributed by atoms with Gasteiger partial charge in [0.05, 0.1) is 26.5 Å². The molecule has 0 N–H and O–H groups in total. The number of aromatic nitrogens is 2. The van der Waals surface area contributed by atoms with Crippen molar-refractivity contribution in [2.24, 2.45) is 0 Å². The van der Waals surface area contributed by atoms with E-state index in [0.717, 1.165) is 16.1 Å². The zero-order chi connectivity index (χ0) is 23.3. The molecular weight excluding hydrogens is 456 g/mol. The number of rotatable bonds is 9. The summed E-state index contributed by atoms with van der Waals surface area (Å²) < 4.78 is 35.9. The van der Waals surface area contributed by atoms with Gasteiger partial charge in [0.25, 0.3) is 0 Å². The summed E-state index contributed by atoms with van der Waals surface area (Å²) in [6, 6.07) is 14.0. The molecular formula is C21H23ClN4O5S. The molecule has 0 fully saturated rings. The maximum Gasteiger partial charge on any atom is 0.246 e. The van der Waals surface area contributed by atoms with E-state index in [4.69, 9.17) is 20.9 Å². The first kappa shape index (κ1) is 23.7. The van der Waals surface area contributed by atoms with Gasteiger partial charge in [0.15, 0.2) is 0 Å². The standard InChI is InChI=1S/C21H23ClN4O5S/c1-25(13-19-23-21(24-31-19)15-8-10-17(30-2)11-9-15)20(27)14-26(32(3,28)29)12-16-6-4-5-7-18(16)22/h4-11H,12-14H2,1-3H3. The summed E-state index contributed by atoms with van der Waals surface area (Å²) in [6.07, 6.45) is 1.05.